The topological polar surface area (TPSA) is 55.4 Å². The zero-order valence-corrected chi connectivity index (χ0v) is 14.4. The summed E-state index contributed by atoms with van der Waals surface area (Å²) in [5.74, 6) is 0.783. The highest BCUT2D eigenvalue weighted by Crippen LogP contribution is 2.42. The van der Waals surface area contributed by atoms with Gasteiger partial charge in [0.2, 0.25) is 9.84 Å². The molecule has 2 aromatic carbocycles. The monoisotopic (exact) mass is 383 g/mol. The number of nitrogens with one attached hydrogen (secondary N) is 1. The summed E-state index contributed by atoms with van der Waals surface area (Å²) in [6.45, 7) is 1.59. The summed E-state index contributed by atoms with van der Waals surface area (Å²) < 4.78 is 69.4. The molecule has 0 amide bonds. The van der Waals surface area contributed by atoms with E-state index < -0.39 is 21.6 Å². The Morgan fingerprint density at radius 1 is 1.04 bits per heavy atom. The Bertz CT molecular complexity index is 939. The van der Waals surface area contributed by atoms with Crippen molar-refractivity contribution in [1.29, 1.82) is 0 Å². The predicted octanol–water partition coefficient (Wildman–Crippen LogP) is 3.38. The van der Waals surface area contributed by atoms with Crippen molar-refractivity contribution in [3.63, 3.8) is 0 Å². The fourth-order valence-electron chi connectivity index (χ4n) is 3.52. The molecular weight excluding hydrogens is 367 g/mol. The maximum atomic E-state index is 12.8. The molecule has 2 aromatic rings. The van der Waals surface area contributed by atoms with Gasteiger partial charge in [0.05, 0.1) is 15.4 Å². The Morgan fingerprint density at radius 2 is 1.73 bits per heavy atom. The van der Waals surface area contributed by atoms with E-state index in [1.165, 1.54) is 12.1 Å². The van der Waals surface area contributed by atoms with E-state index >= 15 is 0 Å². The average Bonchev–Trinajstić information content (AvgIpc) is 2.99. The van der Waals surface area contributed by atoms with Crippen LogP contribution in [-0.2, 0) is 16.0 Å². The molecule has 8 heteroatoms. The normalized spacial score (nSPS) is 22.4. The summed E-state index contributed by atoms with van der Waals surface area (Å²) in [4.78, 5) is -0.162. The van der Waals surface area contributed by atoms with E-state index in [2.05, 4.69) is 5.32 Å². The quantitative estimate of drug-likeness (QED) is 0.864. The second-order valence-corrected chi connectivity index (χ2v) is 8.43. The Kier molecular flexibility index (Phi) is 4.00. The summed E-state index contributed by atoms with van der Waals surface area (Å²) in [6.07, 6.45) is -3.60. The maximum Gasteiger partial charge on any atom is 0.416 e. The van der Waals surface area contributed by atoms with Gasteiger partial charge in [0.15, 0.2) is 0 Å². The number of rotatable bonds is 2. The summed E-state index contributed by atoms with van der Waals surface area (Å²) in [6, 6.07) is 8.24. The van der Waals surface area contributed by atoms with Crippen LogP contribution in [-0.4, -0.2) is 27.6 Å². The number of benzene rings is 2. The van der Waals surface area contributed by atoms with Crippen molar-refractivity contribution in [2.45, 2.75) is 34.4 Å². The van der Waals surface area contributed by atoms with Gasteiger partial charge in [0.25, 0.3) is 0 Å². The molecule has 2 heterocycles. The van der Waals surface area contributed by atoms with Crippen LogP contribution in [0.3, 0.4) is 0 Å². The molecule has 4 rings (SSSR count). The number of ether oxygens (including phenoxy) is 1. The molecule has 0 saturated carbocycles. The number of alkyl halides is 3. The van der Waals surface area contributed by atoms with Crippen molar-refractivity contribution in [1.82, 2.24) is 5.32 Å². The van der Waals surface area contributed by atoms with Crippen molar-refractivity contribution in [3.8, 4) is 5.75 Å². The highest BCUT2D eigenvalue weighted by atomic mass is 32.2. The van der Waals surface area contributed by atoms with Crippen molar-refractivity contribution in [3.05, 3.63) is 53.6 Å². The molecule has 4 nitrogen and oxygen atoms in total. The number of piperidine rings is 1. The van der Waals surface area contributed by atoms with Gasteiger partial charge in [-0.05, 0) is 49.4 Å². The molecule has 1 fully saturated rings. The predicted molar refractivity (Wildman–Crippen MR) is 88.0 cm³/mol. The lowest BCUT2D eigenvalue weighted by Gasteiger charge is -2.24. The van der Waals surface area contributed by atoms with E-state index in [0.717, 1.165) is 42.8 Å². The van der Waals surface area contributed by atoms with Crippen LogP contribution in [0.5, 0.6) is 5.75 Å². The van der Waals surface area contributed by atoms with Crippen LogP contribution >= 0.6 is 0 Å². The van der Waals surface area contributed by atoms with Crippen molar-refractivity contribution in [2.75, 3.05) is 13.1 Å². The zero-order chi connectivity index (χ0) is 18.5. The molecule has 2 unspecified atom stereocenters. The fourth-order valence-corrected chi connectivity index (χ4v) is 4.80. The zero-order valence-electron chi connectivity index (χ0n) is 13.6. The van der Waals surface area contributed by atoms with E-state index in [0.29, 0.717) is 12.3 Å². The van der Waals surface area contributed by atoms with Crippen LogP contribution in [0, 0.1) is 0 Å². The molecule has 26 heavy (non-hydrogen) atoms. The van der Waals surface area contributed by atoms with E-state index in [1.54, 1.807) is 6.07 Å². The Labute approximate surface area is 148 Å². The van der Waals surface area contributed by atoms with Gasteiger partial charge in [-0.3, -0.25) is 0 Å². The van der Waals surface area contributed by atoms with Gasteiger partial charge in [-0.2, -0.15) is 13.2 Å². The number of sulfone groups is 1. The summed E-state index contributed by atoms with van der Waals surface area (Å²) >= 11 is 0. The maximum absolute atomic E-state index is 12.8. The molecule has 0 aromatic heterocycles. The molecule has 0 bridgehead atoms. The first-order chi connectivity index (χ1) is 12.3. The molecule has 2 atom stereocenters. The third-order valence-corrected chi connectivity index (χ3v) is 6.66. The third kappa shape index (κ3) is 2.87. The smallest absolute Gasteiger partial charge is 0.416 e. The van der Waals surface area contributed by atoms with E-state index in [1.807, 2.05) is 0 Å². The first-order valence-corrected chi connectivity index (χ1v) is 9.69. The molecule has 1 saturated heterocycles. The van der Waals surface area contributed by atoms with E-state index in [-0.39, 0.29) is 21.8 Å². The summed E-state index contributed by atoms with van der Waals surface area (Å²) in [5.41, 5.74) is 0.105. The van der Waals surface area contributed by atoms with Crippen LogP contribution in [0.15, 0.2) is 52.3 Å². The molecule has 138 valence electrons. The van der Waals surface area contributed by atoms with Gasteiger partial charge >= 0.3 is 6.18 Å². The Hall–Kier alpha value is -2.06. The minimum absolute atomic E-state index is 0.0113. The highest BCUT2D eigenvalue weighted by Gasteiger charge is 2.37. The van der Waals surface area contributed by atoms with Crippen LogP contribution in [0.4, 0.5) is 13.2 Å². The third-order valence-electron chi connectivity index (χ3n) is 4.89. The van der Waals surface area contributed by atoms with Crippen molar-refractivity contribution in [2.24, 2.45) is 0 Å². The lowest BCUT2D eigenvalue weighted by atomic mass is 9.90. The van der Waals surface area contributed by atoms with E-state index in [4.69, 9.17) is 4.74 Å². The van der Waals surface area contributed by atoms with Crippen LogP contribution in [0.25, 0.3) is 0 Å². The Balaban J connectivity index is 1.67. The van der Waals surface area contributed by atoms with Crippen molar-refractivity contribution >= 4 is 9.84 Å². The SMILES string of the molecule is O=S(=O)(c1ccc(C(F)(F)F)cc1)c1ccc2c(c1)OC1CNCCC21. The number of halogens is 3. The molecule has 2 aliphatic heterocycles. The Morgan fingerprint density at radius 3 is 2.42 bits per heavy atom. The molecule has 0 radical (unpaired) electrons. The van der Waals surface area contributed by atoms with Gasteiger partial charge in [0, 0.05) is 18.0 Å². The summed E-state index contributed by atoms with van der Waals surface area (Å²) in [7, 11) is -3.92. The van der Waals surface area contributed by atoms with Crippen LogP contribution < -0.4 is 10.1 Å². The van der Waals surface area contributed by atoms with Gasteiger partial charge in [-0.25, -0.2) is 8.42 Å². The minimum Gasteiger partial charge on any atom is -0.488 e. The molecular formula is C18H16F3NO3S. The van der Waals surface area contributed by atoms with Crippen LogP contribution in [0.1, 0.15) is 23.5 Å². The first-order valence-electron chi connectivity index (χ1n) is 8.20. The first kappa shape index (κ1) is 17.4. The number of fused-ring (bicyclic) bond motifs is 3. The fraction of sp³-hybridized carbons (Fsp3) is 0.333. The molecule has 0 spiro atoms. The highest BCUT2D eigenvalue weighted by molar-refractivity contribution is 7.91. The second-order valence-electron chi connectivity index (χ2n) is 6.48. The van der Waals surface area contributed by atoms with Crippen LogP contribution in [0.2, 0.25) is 0 Å². The standard InChI is InChI=1S/C18H16F3NO3S/c19-18(20,21)11-1-3-12(4-2-11)26(23,24)13-5-6-14-15-7-8-22-10-17(15)25-16(14)9-13/h1-6,9,15,17,22H,7-8,10H2. The van der Waals surface area contributed by atoms with E-state index in [9.17, 15) is 21.6 Å². The van der Waals surface area contributed by atoms with Gasteiger partial charge in [0.1, 0.15) is 11.9 Å². The number of hydrogen-bond donors (Lipinski definition) is 1. The molecule has 0 aliphatic carbocycles. The largest absolute Gasteiger partial charge is 0.488 e. The minimum atomic E-state index is -4.51. The van der Waals surface area contributed by atoms with Gasteiger partial charge < -0.3 is 10.1 Å². The molecule has 1 N–H and O–H groups in total. The number of hydrogen-bond acceptors (Lipinski definition) is 4. The van der Waals surface area contributed by atoms with Crippen molar-refractivity contribution < 1.29 is 26.3 Å². The average molecular weight is 383 g/mol. The summed E-state index contributed by atoms with van der Waals surface area (Å²) in [5, 5.41) is 3.24. The molecule has 2 aliphatic rings. The second kappa shape index (κ2) is 5.99. The lowest BCUT2D eigenvalue weighted by Crippen LogP contribution is -2.39. The van der Waals surface area contributed by atoms with Gasteiger partial charge in [-0.1, -0.05) is 6.07 Å². The van der Waals surface area contributed by atoms with Gasteiger partial charge in [-0.15, -0.1) is 0 Å². The lowest BCUT2D eigenvalue weighted by molar-refractivity contribution is -0.137.